The lowest BCUT2D eigenvalue weighted by Crippen LogP contribution is -2.32. The molecule has 0 unspecified atom stereocenters. The Morgan fingerprint density at radius 2 is 1.88 bits per heavy atom. The quantitative estimate of drug-likeness (QED) is 0.516. The van der Waals surface area contributed by atoms with E-state index in [-0.39, 0.29) is 15.8 Å². The van der Waals surface area contributed by atoms with Crippen molar-refractivity contribution in [3.63, 3.8) is 0 Å². The van der Waals surface area contributed by atoms with Gasteiger partial charge in [-0.25, -0.2) is 0 Å². The van der Waals surface area contributed by atoms with E-state index in [1.54, 1.807) is 54.9 Å². The Labute approximate surface area is 194 Å². The molecule has 1 N–H and O–H groups in total. The van der Waals surface area contributed by atoms with Crippen LogP contribution in [0.3, 0.4) is 0 Å². The monoisotopic (exact) mass is 452 g/mol. The maximum Gasteiger partial charge on any atom is 0.273 e. The number of rotatable bonds is 4. The van der Waals surface area contributed by atoms with E-state index >= 15 is 0 Å². The predicted molar refractivity (Wildman–Crippen MR) is 131 cm³/mol. The van der Waals surface area contributed by atoms with Crippen molar-refractivity contribution in [1.29, 1.82) is 5.26 Å². The molecule has 0 spiro atoms. The normalized spacial score (nSPS) is 12.2. The van der Waals surface area contributed by atoms with Crippen LogP contribution in [0, 0.1) is 25.2 Å². The van der Waals surface area contributed by atoms with Crippen molar-refractivity contribution >= 4 is 34.6 Å². The first-order valence-corrected chi connectivity index (χ1v) is 11.0. The second-order valence-corrected chi connectivity index (χ2v) is 8.45. The van der Waals surface area contributed by atoms with Gasteiger partial charge in [0.05, 0.1) is 10.2 Å². The van der Waals surface area contributed by atoms with Crippen LogP contribution in [0.15, 0.2) is 77.9 Å². The Bertz CT molecular complexity index is 1550. The average Bonchev–Trinajstić information content (AvgIpc) is 3.13. The van der Waals surface area contributed by atoms with E-state index in [1.165, 1.54) is 4.57 Å². The first-order valence-electron chi connectivity index (χ1n) is 10.2. The van der Waals surface area contributed by atoms with Gasteiger partial charge in [0.15, 0.2) is 5.57 Å². The first-order chi connectivity index (χ1) is 16.0. The zero-order chi connectivity index (χ0) is 23.4. The fourth-order valence-corrected chi connectivity index (χ4v) is 4.38. The lowest BCUT2D eigenvalue weighted by molar-refractivity contribution is -0.111. The van der Waals surface area contributed by atoms with Crippen molar-refractivity contribution in [3.8, 4) is 11.8 Å². The Balaban J connectivity index is 1.93. The highest BCUT2D eigenvalue weighted by molar-refractivity contribution is 7.07. The number of hydrogen-bond acceptors (Lipinski definition) is 5. The highest BCUT2D eigenvalue weighted by Crippen LogP contribution is 2.15. The number of carbonyl (C=O) groups excluding carboxylic acids is 1. The van der Waals surface area contributed by atoms with Gasteiger partial charge in [0.1, 0.15) is 10.7 Å². The molecule has 162 valence electrons. The van der Waals surface area contributed by atoms with Gasteiger partial charge in [-0.2, -0.15) is 5.26 Å². The fraction of sp³-hybridized carbons (Fsp3) is 0.0769. The number of thiazole rings is 1. The molecule has 2 aromatic carbocycles. The Morgan fingerprint density at radius 1 is 1.09 bits per heavy atom. The maximum absolute atomic E-state index is 13.3. The number of nitrogens with one attached hydrogen (secondary N) is 1. The van der Waals surface area contributed by atoms with E-state index in [4.69, 9.17) is 0 Å². The fourth-order valence-electron chi connectivity index (χ4n) is 3.28. The highest BCUT2D eigenvalue weighted by Gasteiger charge is 2.17. The van der Waals surface area contributed by atoms with Crippen molar-refractivity contribution < 1.29 is 4.79 Å². The molecule has 0 bridgehead atoms. The zero-order valence-corrected chi connectivity index (χ0v) is 18.9. The number of nitriles is 1. The number of anilines is 1. The lowest BCUT2D eigenvalue weighted by Gasteiger charge is -2.07. The third-order valence-electron chi connectivity index (χ3n) is 5.14. The standard InChI is InChI=1S/C26H20N4O2S/c1-17-10-11-20(13-18(17)2)29-24(31)22(15-27)26-30(21-8-4-3-5-9-21)25(32)23(33-26)14-19-7-6-12-28-16-19/h3-14,16H,1-2H3,(H,29,31)/b23-14+,26-22-. The van der Waals surface area contributed by atoms with Crippen LogP contribution in [0.1, 0.15) is 16.7 Å². The van der Waals surface area contributed by atoms with Crippen molar-refractivity contribution in [2.75, 3.05) is 5.32 Å². The Morgan fingerprint density at radius 3 is 2.55 bits per heavy atom. The van der Waals surface area contributed by atoms with Crippen molar-refractivity contribution in [3.05, 3.63) is 109 Å². The van der Waals surface area contributed by atoms with Crippen LogP contribution >= 0.6 is 11.3 Å². The first kappa shape index (κ1) is 21.9. The number of nitrogens with zero attached hydrogens (tertiary/aromatic N) is 3. The summed E-state index contributed by atoms with van der Waals surface area (Å²) in [6.07, 6.45) is 5.00. The van der Waals surface area contributed by atoms with Crippen molar-refractivity contribution in [2.45, 2.75) is 13.8 Å². The van der Waals surface area contributed by atoms with Crippen molar-refractivity contribution in [1.82, 2.24) is 9.55 Å². The summed E-state index contributed by atoms with van der Waals surface area (Å²) in [5.74, 6) is -0.570. The molecular formula is C26H20N4O2S. The maximum atomic E-state index is 13.3. The van der Waals surface area contributed by atoms with Gasteiger partial charge in [-0.15, -0.1) is 11.3 Å². The zero-order valence-electron chi connectivity index (χ0n) is 18.1. The SMILES string of the molecule is Cc1ccc(NC(=O)/C(C#N)=c2\s/c(=C/c3cccnc3)c(=O)n2-c2ccccc2)cc1C. The molecule has 4 rings (SSSR count). The van der Waals surface area contributed by atoms with Gasteiger partial charge >= 0.3 is 0 Å². The minimum atomic E-state index is -0.570. The summed E-state index contributed by atoms with van der Waals surface area (Å²) in [4.78, 5) is 30.5. The van der Waals surface area contributed by atoms with Crippen LogP contribution in [-0.2, 0) is 4.79 Å². The number of carbonyl (C=O) groups is 1. The molecular weight excluding hydrogens is 432 g/mol. The number of para-hydroxylation sites is 1. The van der Waals surface area contributed by atoms with E-state index in [2.05, 4.69) is 10.3 Å². The molecule has 7 heteroatoms. The number of aromatic nitrogens is 2. The molecule has 0 saturated heterocycles. The minimum absolute atomic E-state index is 0.134. The van der Waals surface area contributed by atoms with Gasteiger partial charge in [-0.1, -0.05) is 30.3 Å². The van der Waals surface area contributed by atoms with Gasteiger partial charge in [0.2, 0.25) is 0 Å². The summed E-state index contributed by atoms with van der Waals surface area (Å²) in [5.41, 5.74) is 3.60. The Hall–Kier alpha value is -4.28. The third-order valence-corrected chi connectivity index (χ3v) is 6.23. The number of benzene rings is 2. The molecule has 33 heavy (non-hydrogen) atoms. The second-order valence-electron chi connectivity index (χ2n) is 7.42. The van der Waals surface area contributed by atoms with Crippen LogP contribution < -0.4 is 20.1 Å². The summed E-state index contributed by atoms with van der Waals surface area (Å²) in [6.45, 7) is 3.94. The largest absolute Gasteiger partial charge is 0.321 e. The topological polar surface area (TPSA) is 87.8 Å². The number of aryl methyl sites for hydroxylation is 2. The predicted octanol–water partition coefficient (Wildman–Crippen LogP) is 3.05. The van der Waals surface area contributed by atoms with Crippen LogP contribution in [0.25, 0.3) is 17.3 Å². The summed E-state index contributed by atoms with van der Waals surface area (Å²) < 4.78 is 2.07. The molecule has 0 saturated carbocycles. The van der Waals surface area contributed by atoms with E-state index in [0.29, 0.717) is 15.9 Å². The van der Waals surface area contributed by atoms with Crippen LogP contribution in [0.4, 0.5) is 5.69 Å². The third kappa shape index (κ3) is 4.66. The van der Waals surface area contributed by atoms with E-state index in [1.807, 2.05) is 44.2 Å². The molecule has 0 aliphatic carbocycles. The molecule has 2 aromatic heterocycles. The number of amides is 1. The number of hydrogen-bond donors (Lipinski definition) is 1. The molecule has 4 aromatic rings. The molecule has 0 aliphatic heterocycles. The van der Waals surface area contributed by atoms with Gasteiger partial charge in [-0.3, -0.25) is 19.1 Å². The molecule has 2 heterocycles. The molecule has 6 nitrogen and oxygen atoms in total. The van der Waals surface area contributed by atoms with E-state index in [9.17, 15) is 14.9 Å². The van der Waals surface area contributed by atoms with Crippen LogP contribution in [-0.4, -0.2) is 15.5 Å². The average molecular weight is 453 g/mol. The van der Waals surface area contributed by atoms with E-state index in [0.717, 1.165) is 28.0 Å². The lowest BCUT2D eigenvalue weighted by atomic mass is 10.1. The summed E-state index contributed by atoms with van der Waals surface area (Å²) in [5, 5.41) is 12.7. The van der Waals surface area contributed by atoms with Gasteiger partial charge < -0.3 is 5.32 Å². The van der Waals surface area contributed by atoms with Crippen LogP contribution in [0.2, 0.25) is 0 Å². The van der Waals surface area contributed by atoms with Gasteiger partial charge in [-0.05, 0) is 66.9 Å². The van der Waals surface area contributed by atoms with Crippen LogP contribution in [0.5, 0.6) is 0 Å². The van der Waals surface area contributed by atoms with Gasteiger partial charge in [0, 0.05) is 18.1 Å². The minimum Gasteiger partial charge on any atom is -0.321 e. The van der Waals surface area contributed by atoms with E-state index < -0.39 is 5.91 Å². The number of pyridine rings is 1. The molecule has 0 radical (unpaired) electrons. The molecule has 0 aliphatic rings. The highest BCUT2D eigenvalue weighted by atomic mass is 32.1. The summed E-state index contributed by atoms with van der Waals surface area (Å²) in [6, 6.07) is 20.1. The Kier molecular flexibility index (Phi) is 6.29. The molecule has 1 amide bonds. The second kappa shape index (κ2) is 9.47. The smallest absolute Gasteiger partial charge is 0.273 e. The summed E-state index contributed by atoms with van der Waals surface area (Å²) in [7, 11) is 0. The van der Waals surface area contributed by atoms with Crippen molar-refractivity contribution in [2.24, 2.45) is 0 Å². The molecule has 0 fully saturated rings. The molecule has 0 atom stereocenters. The summed E-state index contributed by atoms with van der Waals surface area (Å²) >= 11 is 1.10. The van der Waals surface area contributed by atoms with Gasteiger partial charge in [0.25, 0.3) is 11.5 Å².